The Labute approximate surface area is 149 Å². The second kappa shape index (κ2) is 8.61. The molecule has 0 atom stereocenters. The summed E-state index contributed by atoms with van der Waals surface area (Å²) in [6.45, 7) is -2.21. The van der Waals surface area contributed by atoms with Crippen molar-refractivity contribution in [1.29, 1.82) is 0 Å². The minimum Gasteiger partial charge on any atom is -0.434 e. The van der Waals surface area contributed by atoms with E-state index < -0.39 is 6.61 Å². The maximum Gasteiger partial charge on any atom is 0.387 e. The number of nitrogens with one attached hydrogen (secondary N) is 1. The molecule has 0 radical (unpaired) electrons. The number of guanidine groups is 1. The van der Waals surface area contributed by atoms with Gasteiger partial charge >= 0.3 is 6.61 Å². The predicted octanol–water partition coefficient (Wildman–Crippen LogP) is 2.28. The number of benzene rings is 1. The van der Waals surface area contributed by atoms with Crippen LogP contribution in [-0.4, -0.2) is 46.3 Å². The molecule has 0 unspecified atom stereocenters. The van der Waals surface area contributed by atoms with E-state index in [4.69, 9.17) is 11.6 Å². The fraction of sp³-hybridized carbons (Fsp3) is 0.400. The van der Waals surface area contributed by atoms with Gasteiger partial charge < -0.3 is 15.0 Å². The molecule has 0 aliphatic carbocycles. The first-order chi connectivity index (χ1) is 11.9. The summed E-state index contributed by atoms with van der Waals surface area (Å²) in [6.07, 6.45) is 1.47. The molecule has 0 amide bonds. The van der Waals surface area contributed by atoms with Crippen LogP contribution in [0, 0.1) is 0 Å². The Morgan fingerprint density at radius 1 is 1.48 bits per heavy atom. The van der Waals surface area contributed by atoms with Crippen LogP contribution in [-0.2, 0) is 20.1 Å². The first-order valence-electron chi connectivity index (χ1n) is 7.38. The van der Waals surface area contributed by atoms with E-state index in [1.807, 2.05) is 11.9 Å². The lowest BCUT2D eigenvalue weighted by atomic mass is 10.2. The van der Waals surface area contributed by atoms with Gasteiger partial charge in [-0.25, -0.2) is 4.98 Å². The number of rotatable bonds is 6. The Bertz CT molecular complexity index is 737. The van der Waals surface area contributed by atoms with Crippen molar-refractivity contribution in [3.8, 4) is 5.75 Å². The van der Waals surface area contributed by atoms with Crippen molar-refractivity contribution < 1.29 is 13.5 Å². The third-order valence-corrected chi connectivity index (χ3v) is 3.67. The standard InChI is InChI=1S/C15H19ClF2N6O/c1-19-15(23(2)8-13-21-9-22-24(13)3)20-7-10-6-11(16)4-5-12(10)25-14(17)18/h4-6,9,14H,7-8H2,1-3H3,(H,19,20). The van der Waals surface area contributed by atoms with Gasteiger partial charge in [-0.2, -0.15) is 13.9 Å². The van der Waals surface area contributed by atoms with Crippen LogP contribution in [0.25, 0.3) is 0 Å². The maximum atomic E-state index is 12.5. The number of hydrogen-bond donors (Lipinski definition) is 1. The van der Waals surface area contributed by atoms with E-state index in [1.165, 1.54) is 18.5 Å². The van der Waals surface area contributed by atoms with Crippen LogP contribution < -0.4 is 10.1 Å². The molecule has 136 valence electrons. The van der Waals surface area contributed by atoms with Gasteiger partial charge in [-0.05, 0) is 18.2 Å². The SMILES string of the molecule is CN=C(NCc1cc(Cl)ccc1OC(F)F)N(C)Cc1ncnn1C. The van der Waals surface area contributed by atoms with E-state index in [9.17, 15) is 8.78 Å². The highest BCUT2D eigenvalue weighted by atomic mass is 35.5. The Morgan fingerprint density at radius 2 is 2.24 bits per heavy atom. The Balaban J connectivity index is 2.05. The number of aliphatic imine (C=N–C) groups is 1. The monoisotopic (exact) mass is 372 g/mol. The summed E-state index contributed by atoms with van der Waals surface area (Å²) in [7, 11) is 5.26. The zero-order chi connectivity index (χ0) is 18.4. The number of alkyl halides is 2. The van der Waals surface area contributed by atoms with Crippen LogP contribution in [0.3, 0.4) is 0 Å². The minimum absolute atomic E-state index is 0.0679. The zero-order valence-corrected chi connectivity index (χ0v) is 14.8. The number of aryl methyl sites for hydroxylation is 1. The first-order valence-corrected chi connectivity index (χ1v) is 7.76. The molecule has 0 fully saturated rings. The molecule has 0 aliphatic rings. The second-order valence-electron chi connectivity index (χ2n) is 5.19. The van der Waals surface area contributed by atoms with Gasteiger partial charge in [0.15, 0.2) is 5.96 Å². The number of halogens is 3. The van der Waals surface area contributed by atoms with Crippen molar-refractivity contribution in [3.63, 3.8) is 0 Å². The lowest BCUT2D eigenvalue weighted by molar-refractivity contribution is -0.0504. The molecule has 2 rings (SSSR count). The van der Waals surface area contributed by atoms with Crippen molar-refractivity contribution in [3.05, 3.63) is 40.9 Å². The maximum absolute atomic E-state index is 12.5. The highest BCUT2D eigenvalue weighted by Crippen LogP contribution is 2.24. The largest absolute Gasteiger partial charge is 0.434 e. The van der Waals surface area contributed by atoms with E-state index in [2.05, 4.69) is 25.1 Å². The summed E-state index contributed by atoms with van der Waals surface area (Å²) in [5, 5.41) is 7.54. The van der Waals surface area contributed by atoms with Gasteiger partial charge in [0.25, 0.3) is 0 Å². The van der Waals surface area contributed by atoms with Gasteiger partial charge in [-0.3, -0.25) is 9.67 Å². The number of ether oxygens (including phenoxy) is 1. The number of aromatic nitrogens is 3. The third-order valence-electron chi connectivity index (χ3n) is 3.43. The van der Waals surface area contributed by atoms with E-state index in [0.29, 0.717) is 23.1 Å². The van der Waals surface area contributed by atoms with Gasteiger partial charge in [0.05, 0.1) is 6.54 Å². The Kier molecular flexibility index (Phi) is 6.51. The molecule has 10 heteroatoms. The summed E-state index contributed by atoms with van der Waals surface area (Å²) in [5.74, 6) is 1.39. The molecule has 0 spiro atoms. The molecular formula is C15H19ClF2N6O. The summed E-state index contributed by atoms with van der Waals surface area (Å²) >= 11 is 5.95. The lowest BCUT2D eigenvalue weighted by Crippen LogP contribution is -2.38. The molecule has 0 saturated carbocycles. The van der Waals surface area contributed by atoms with Crippen molar-refractivity contribution in [2.24, 2.45) is 12.0 Å². The summed E-state index contributed by atoms with van der Waals surface area (Å²) in [6, 6.07) is 4.48. The molecule has 2 aromatic rings. The fourth-order valence-electron chi connectivity index (χ4n) is 2.21. The molecule has 0 aliphatic heterocycles. The normalized spacial score (nSPS) is 11.7. The van der Waals surface area contributed by atoms with Crippen LogP contribution in [0.15, 0.2) is 29.5 Å². The van der Waals surface area contributed by atoms with Crippen LogP contribution in [0.4, 0.5) is 8.78 Å². The Hall–Kier alpha value is -2.42. The molecule has 1 heterocycles. The Morgan fingerprint density at radius 3 is 2.84 bits per heavy atom. The van der Waals surface area contributed by atoms with Crippen LogP contribution in [0.2, 0.25) is 5.02 Å². The molecular weight excluding hydrogens is 354 g/mol. The lowest BCUT2D eigenvalue weighted by Gasteiger charge is -2.22. The van der Waals surface area contributed by atoms with E-state index in [-0.39, 0.29) is 12.3 Å². The highest BCUT2D eigenvalue weighted by Gasteiger charge is 2.13. The van der Waals surface area contributed by atoms with Gasteiger partial charge in [0, 0.05) is 38.3 Å². The third kappa shape index (κ3) is 5.28. The summed E-state index contributed by atoms with van der Waals surface area (Å²) < 4.78 is 31.2. The van der Waals surface area contributed by atoms with E-state index in [1.54, 1.807) is 24.8 Å². The van der Waals surface area contributed by atoms with Gasteiger partial charge in [0.2, 0.25) is 0 Å². The minimum atomic E-state index is -2.90. The van der Waals surface area contributed by atoms with E-state index >= 15 is 0 Å². The number of nitrogens with zero attached hydrogens (tertiary/aromatic N) is 5. The highest BCUT2D eigenvalue weighted by molar-refractivity contribution is 6.30. The molecule has 1 aromatic carbocycles. The van der Waals surface area contributed by atoms with Crippen molar-refractivity contribution in [2.75, 3.05) is 14.1 Å². The molecule has 25 heavy (non-hydrogen) atoms. The summed E-state index contributed by atoms with van der Waals surface area (Å²) in [4.78, 5) is 10.2. The zero-order valence-electron chi connectivity index (χ0n) is 14.1. The molecule has 7 nitrogen and oxygen atoms in total. The molecule has 1 N–H and O–H groups in total. The molecule has 0 saturated heterocycles. The average Bonchev–Trinajstić information content (AvgIpc) is 2.95. The van der Waals surface area contributed by atoms with Gasteiger partial charge in [0.1, 0.15) is 17.9 Å². The number of hydrogen-bond acceptors (Lipinski definition) is 4. The topological polar surface area (TPSA) is 67.6 Å². The van der Waals surface area contributed by atoms with Crippen molar-refractivity contribution in [2.45, 2.75) is 19.7 Å². The van der Waals surface area contributed by atoms with Gasteiger partial charge in [-0.15, -0.1) is 0 Å². The first kappa shape index (κ1) is 18.9. The second-order valence-corrected chi connectivity index (χ2v) is 5.62. The molecule has 1 aromatic heterocycles. The quantitative estimate of drug-likeness (QED) is 0.622. The summed E-state index contributed by atoms with van der Waals surface area (Å²) in [5.41, 5.74) is 0.501. The van der Waals surface area contributed by atoms with Crippen LogP contribution >= 0.6 is 11.6 Å². The van der Waals surface area contributed by atoms with Crippen LogP contribution in [0.1, 0.15) is 11.4 Å². The predicted molar refractivity (Wildman–Crippen MR) is 90.8 cm³/mol. The fourth-order valence-corrected chi connectivity index (χ4v) is 2.40. The smallest absolute Gasteiger partial charge is 0.387 e. The molecule has 0 bridgehead atoms. The van der Waals surface area contributed by atoms with Gasteiger partial charge in [-0.1, -0.05) is 11.6 Å². The average molecular weight is 373 g/mol. The van der Waals surface area contributed by atoms with Crippen molar-refractivity contribution in [1.82, 2.24) is 25.0 Å². The van der Waals surface area contributed by atoms with E-state index in [0.717, 1.165) is 5.82 Å². The van der Waals surface area contributed by atoms with Crippen LogP contribution in [0.5, 0.6) is 5.75 Å². The van der Waals surface area contributed by atoms with Crippen molar-refractivity contribution >= 4 is 17.6 Å².